The van der Waals surface area contributed by atoms with Crippen LogP contribution in [0.1, 0.15) is 25.7 Å². The predicted molar refractivity (Wildman–Crippen MR) is 33.0 cm³/mol. The van der Waals surface area contributed by atoms with Crippen LogP contribution in [-0.4, -0.2) is 12.5 Å². The maximum atomic E-state index is 11.8. The molecule has 1 rings (SSSR count). The van der Waals surface area contributed by atoms with Gasteiger partial charge in [0.25, 0.3) is 0 Å². The van der Waals surface area contributed by atoms with Crippen molar-refractivity contribution in [2.45, 2.75) is 31.9 Å². The molecule has 1 saturated carbocycles. The van der Waals surface area contributed by atoms with Crippen LogP contribution in [0.4, 0.5) is 13.2 Å². The summed E-state index contributed by atoms with van der Waals surface area (Å²) < 4.78 is 35.4. The molecule has 1 nitrogen and oxygen atoms in total. The molecule has 0 aromatic heterocycles. The minimum absolute atomic E-state index is 0.399. The summed E-state index contributed by atoms with van der Waals surface area (Å²) in [6.45, 7) is 0. The summed E-state index contributed by atoms with van der Waals surface area (Å²) in [6, 6.07) is 0. The Balaban J connectivity index is 2.51. The van der Waals surface area contributed by atoms with Gasteiger partial charge in [-0.05, 0) is 12.8 Å². The monoisotopic (exact) mass is 166 g/mol. The Morgan fingerprint density at radius 3 is 2.00 bits per heavy atom. The summed E-state index contributed by atoms with van der Waals surface area (Å²) in [7, 11) is 0. The van der Waals surface area contributed by atoms with Gasteiger partial charge < -0.3 is 4.79 Å². The Labute approximate surface area is 62.6 Å². The van der Waals surface area contributed by atoms with E-state index in [-0.39, 0.29) is 0 Å². The Kier molecular flexibility index (Phi) is 1.94. The van der Waals surface area contributed by atoms with E-state index in [1.165, 1.54) is 0 Å². The molecule has 0 aromatic rings. The summed E-state index contributed by atoms with van der Waals surface area (Å²) in [4.78, 5) is 10.3. The van der Waals surface area contributed by atoms with E-state index in [4.69, 9.17) is 0 Å². The van der Waals surface area contributed by atoms with E-state index < -0.39 is 18.0 Å². The normalized spacial score (nSPS) is 22.5. The highest BCUT2D eigenvalue weighted by Crippen LogP contribution is 2.46. The summed E-state index contributed by atoms with van der Waals surface area (Å²) in [5.74, 6) is 0. The molecule has 1 aliphatic carbocycles. The molecule has 0 aliphatic heterocycles. The molecule has 0 radical (unpaired) electrons. The molecule has 0 bridgehead atoms. The second-order valence-corrected chi connectivity index (χ2v) is 3.13. The summed E-state index contributed by atoms with van der Waals surface area (Å²) in [5.41, 5.74) is -1.06. The van der Waals surface area contributed by atoms with Crippen molar-refractivity contribution in [1.29, 1.82) is 0 Å². The third-order valence-electron chi connectivity index (χ3n) is 2.15. The molecule has 0 amide bonds. The van der Waals surface area contributed by atoms with E-state index in [0.717, 1.165) is 6.42 Å². The number of carbonyl (C=O) groups is 1. The van der Waals surface area contributed by atoms with Gasteiger partial charge in [0.15, 0.2) is 0 Å². The van der Waals surface area contributed by atoms with E-state index >= 15 is 0 Å². The van der Waals surface area contributed by atoms with E-state index in [9.17, 15) is 18.0 Å². The zero-order valence-corrected chi connectivity index (χ0v) is 5.95. The molecule has 0 atom stereocenters. The van der Waals surface area contributed by atoms with E-state index in [1.54, 1.807) is 0 Å². The van der Waals surface area contributed by atoms with Crippen LogP contribution in [0.2, 0.25) is 0 Å². The average molecular weight is 166 g/mol. The molecule has 0 N–H and O–H groups in total. The van der Waals surface area contributed by atoms with Gasteiger partial charge in [0.2, 0.25) is 0 Å². The minimum Gasteiger partial charge on any atom is -0.303 e. The molecule has 0 unspecified atom stereocenters. The van der Waals surface area contributed by atoms with Crippen molar-refractivity contribution in [3.05, 3.63) is 0 Å². The maximum Gasteiger partial charge on any atom is 0.390 e. The van der Waals surface area contributed by atoms with Crippen LogP contribution in [-0.2, 0) is 4.79 Å². The van der Waals surface area contributed by atoms with Crippen LogP contribution in [0.5, 0.6) is 0 Å². The van der Waals surface area contributed by atoms with Gasteiger partial charge >= 0.3 is 6.18 Å². The molecule has 1 aliphatic rings. The molecule has 11 heavy (non-hydrogen) atoms. The van der Waals surface area contributed by atoms with Gasteiger partial charge in [-0.1, -0.05) is 6.42 Å². The highest BCUT2D eigenvalue weighted by molar-refractivity contribution is 5.60. The Morgan fingerprint density at radius 2 is 1.91 bits per heavy atom. The van der Waals surface area contributed by atoms with Crippen molar-refractivity contribution < 1.29 is 18.0 Å². The summed E-state index contributed by atoms with van der Waals surface area (Å²) >= 11 is 0. The fraction of sp³-hybridized carbons (Fsp3) is 0.857. The van der Waals surface area contributed by atoms with Gasteiger partial charge in [0.1, 0.15) is 6.29 Å². The van der Waals surface area contributed by atoms with Crippen LogP contribution < -0.4 is 0 Å². The molecule has 64 valence electrons. The van der Waals surface area contributed by atoms with Gasteiger partial charge in [-0.25, -0.2) is 0 Å². The lowest BCUT2D eigenvalue weighted by Gasteiger charge is -2.36. The largest absolute Gasteiger partial charge is 0.390 e. The third-order valence-corrected chi connectivity index (χ3v) is 2.15. The Hall–Kier alpha value is -0.540. The topological polar surface area (TPSA) is 17.1 Å². The highest BCUT2D eigenvalue weighted by atomic mass is 19.4. The molecule has 0 aromatic carbocycles. The number of hydrogen-bond acceptors (Lipinski definition) is 1. The second-order valence-electron chi connectivity index (χ2n) is 3.13. The molecule has 0 heterocycles. The van der Waals surface area contributed by atoms with Gasteiger partial charge in [-0.3, -0.25) is 0 Å². The standard InChI is InChI=1S/C7H9F3O/c8-7(9,10)4-6(5-11)2-1-3-6/h5H,1-4H2. The zero-order valence-electron chi connectivity index (χ0n) is 5.95. The average Bonchev–Trinajstić information content (AvgIpc) is 1.77. The first-order valence-electron chi connectivity index (χ1n) is 3.51. The van der Waals surface area contributed by atoms with Crippen LogP contribution in [0, 0.1) is 5.41 Å². The van der Waals surface area contributed by atoms with Crippen LogP contribution in [0.15, 0.2) is 0 Å². The van der Waals surface area contributed by atoms with Crippen molar-refractivity contribution in [3.8, 4) is 0 Å². The lowest BCUT2D eigenvalue weighted by atomic mass is 9.68. The van der Waals surface area contributed by atoms with Gasteiger partial charge in [0, 0.05) is 5.41 Å². The summed E-state index contributed by atoms with van der Waals surface area (Å²) in [6.07, 6.45) is -3.13. The van der Waals surface area contributed by atoms with Crippen LogP contribution >= 0.6 is 0 Å². The first-order chi connectivity index (χ1) is 4.97. The highest BCUT2D eigenvalue weighted by Gasteiger charge is 2.46. The number of hydrogen-bond donors (Lipinski definition) is 0. The first kappa shape index (κ1) is 8.56. The third kappa shape index (κ3) is 1.94. The minimum atomic E-state index is -4.19. The van der Waals surface area contributed by atoms with Crippen molar-refractivity contribution in [3.63, 3.8) is 0 Å². The SMILES string of the molecule is O=CC1(CC(F)(F)F)CCC1. The molecular weight excluding hydrogens is 157 g/mol. The molecule has 0 spiro atoms. The Bertz CT molecular complexity index is 158. The molecule has 1 fully saturated rings. The van der Waals surface area contributed by atoms with E-state index in [1.807, 2.05) is 0 Å². The molecule has 0 saturated heterocycles. The number of alkyl halides is 3. The molecule has 4 heteroatoms. The second kappa shape index (κ2) is 2.50. The van der Waals surface area contributed by atoms with Crippen molar-refractivity contribution in [1.82, 2.24) is 0 Å². The number of rotatable bonds is 2. The van der Waals surface area contributed by atoms with Gasteiger partial charge in [0.05, 0.1) is 6.42 Å². The fourth-order valence-electron chi connectivity index (χ4n) is 1.37. The summed E-state index contributed by atoms with van der Waals surface area (Å²) in [5, 5.41) is 0. The first-order valence-corrected chi connectivity index (χ1v) is 3.51. The van der Waals surface area contributed by atoms with Crippen molar-refractivity contribution >= 4 is 6.29 Å². The lowest BCUT2D eigenvalue weighted by Crippen LogP contribution is -2.35. The number of carbonyl (C=O) groups excluding carboxylic acids is 1. The number of halogens is 3. The smallest absolute Gasteiger partial charge is 0.303 e. The quantitative estimate of drug-likeness (QED) is 0.575. The van der Waals surface area contributed by atoms with Crippen LogP contribution in [0.25, 0.3) is 0 Å². The van der Waals surface area contributed by atoms with Crippen molar-refractivity contribution in [2.75, 3.05) is 0 Å². The molecular formula is C7H9F3O. The predicted octanol–water partition coefficient (Wildman–Crippen LogP) is 2.31. The van der Waals surface area contributed by atoms with Gasteiger partial charge in [-0.2, -0.15) is 13.2 Å². The van der Waals surface area contributed by atoms with E-state index in [0.29, 0.717) is 19.1 Å². The fourth-order valence-corrected chi connectivity index (χ4v) is 1.37. The zero-order chi connectivity index (χ0) is 8.54. The number of aldehydes is 1. The lowest BCUT2D eigenvalue weighted by molar-refractivity contribution is -0.171. The van der Waals surface area contributed by atoms with Crippen molar-refractivity contribution in [2.24, 2.45) is 5.41 Å². The Morgan fingerprint density at radius 1 is 1.36 bits per heavy atom. The van der Waals surface area contributed by atoms with Crippen LogP contribution in [0.3, 0.4) is 0 Å². The van der Waals surface area contributed by atoms with Gasteiger partial charge in [-0.15, -0.1) is 0 Å². The maximum absolute atomic E-state index is 11.8. The van der Waals surface area contributed by atoms with E-state index in [2.05, 4.69) is 0 Å².